The maximum Gasteiger partial charge on any atom is 0.0712 e. The third-order valence-electron chi connectivity index (χ3n) is 3.39. The molecule has 3 heteroatoms. The van der Waals surface area contributed by atoms with Gasteiger partial charge in [0.05, 0.1) is 5.38 Å². The summed E-state index contributed by atoms with van der Waals surface area (Å²) in [5, 5.41) is 0.835. The lowest BCUT2D eigenvalue weighted by Gasteiger charge is -2.32. The van der Waals surface area contributed by atoms with E-state index in [1.807, 2.05) is 24.3 Å². The molecule has 0 bridgehead atoms. The predicted molar refractivity (Wildman–Crippen MR) is 74.9 cm³/mol. The van der Waals surface area contributed by atoms with E-state index in [-0.39, 0.29) is 5.38 Å². The molecule has 1 aromatic carbocycles. The molecule has 0 aliphatic carbocycles. The Morgan fingerprint density at radius 3 is 2.71 bits per heavy atom. The van der Waals surface area contributed by atoms with Crippen LogP contribution in [0.1, 0.15) is 30.7 Å². The smallest absolute Gasteiger partial charge is 0.0712 e. The quantitative estimate of drug-likeness (QED) is 0.739. The molecule has 0 aromatic heterocycles. The van der Waals surface area contributed by atoms with Gasteiger partial charge >= 0.3 is 0 Å². The molecule has 0 radical (unpaired) electrons. The molecule has 1 fully saturated rings. The van der Waals surface area contributed by atoms with E-state index in [1.54, 1.807) is 0 Å². The maximum atomic E-state index is 6.45. The molecule has 0 saturated carbocycles. The van der Waals surface area contributed by atoms with Gasteiger partial charge in [-0.2, -0.15) is 0 Å². The van der Waals surface area contributed by atoms with Crippen LogP contribution in [0.2, 0.25) is 5.02 Å². The van der Waals surface area contributed by atoms with Gasteiger partial charge < -0.3 is 4.90 Å². The Morgan fingerprint density at radius 1 is 1.35 bits per heavy atom. The molecular formula is C14H19Cl2N. The first-order valence-electron chi connectivity index (χ1n) is 6.27. The number of benzene rings is 1. The highest BCUT2D eigenvalue weighted by Crippen LogP contribution is 2.25. The number of likely N-dealkylation sites (tertiary alicyclic amines) is 1. The third-order valence-corrected chi connectivity index (χ3v) is 4.03. The number of hydrogen-bond donors (Lipinski definition) is 0. The number of rotatable bonds is 3. The minimum absolute atomic E-state index is 0.0672. The fourth-order valence-corrected chi connectivity index (χ4v) is 2.92. The molecule has 1 nitrogen and oxygen atoms in total. The summed E-state index contributed by atoms with van der Waals surface area (Å²) < 4.78 is 0. The minimum atomic E-state index is 0.0672. The lowest BCUT2D eigenvalue weighted by Crippen LogP contribution is -2.36. The molecule has 1 aliphatic rings. The molecule has 1 aromatic rings. The van der Waals surface area contributed by atoms with Crippen molar-refractivity contribution >= 4 is 23.2 Å². The third kappa shape index (κ3) is 3.87. The summed E-state index contributed by atoms with van der Waals surface area (Å²) in [5.74, 6) is 0.804. The van der Waals surface area contributed by atoms with Crippen LogP contribution in [0, 0.1) is 5.92 Å². The van der Waals surface area contributed by atoms with Gasteiger partial charge in [0.25, 0.3) is 0 Å². The van der Waals surface area contributed by atoms with Crippen LogP contribution in [-0.2, 0) is 0 Å². The van der Waals surface area contributed by atoms with E-state index < -0.39 is 0 Å². The lowest BCUT2D eigenvalue weighted by molar-refractivity contribution is 0.184. The fraction of sp³-hybridized carbons (Fsp3) is 0.571. The molecule has 0 amide bonds. The summed E-state index contributed by atoms with van der Waals surface area (Å²) in [4.78, 5) is 2.47. The van der Waals surface area contributed by atoms with Crippen molar-refractivity contribution in [2.75, 3.05) is 19.6 Å². The molecule has 17 heavy (non-hydrogen) atoms. The zero-order chi connectivity index (χ0) is 12.3. The second kappa shape index (κ2) is 6.08. The second-order valence-corrected chi connectivity index (χ2v) is 5.99. The number of piperidine rings is 1. The average Bonchev–Trinajstić information content (AvgIpc) is 2.29. The molecule has 94 valence electrons. The van der Waals surface area contributed by atoms with E-state index >= 15 is 0 Å². The molecule has 0 N–H and O–H groups in total. The van der Waals surface area contributed by atoms with E-state index in [1.165, 1.54) is 25.9 Å². The van der Waals surface area contributed by atoms with Crippen molar-refractivity contribution in [1.29, 1.82) is 0 Å². The molecule has 2 atom stereocenters. The Kier molecular flexibility index (Phi) is 4.72. The van der Waals surface area contributed by atoms with Crippen molar-refractivity contribution in [1.82, 2.24) is 4.90 Å². The van der Waals surface area contributed by atoms with Crippen molar-refractivity contribution < 1.29 is 0 Å². The van der Waals surface area contributed by atoms with Gasteiger partial charge in [0.2, 0.25) is 0 Å². The highest BCUT2D eigenvalue weighted by molar-refractivity contribution is 6.30. The Balaban J connectivity index is 1.91. The summed E-state index contributed by atoms with van der Waals surface area (Å²) in [7, 11) is 0. The predicted octanol–water partition coefficient (Wildman–Crippen LogP) is 4.35. The monoisotopic (exact) mass is 271 g/mol. The van der Waals surface area contributed by atoms with Crippen molar-refractivity contribution in [2.45, 2.75) is 25.1 Å². The number of halogens is 2. The average molecular weight is 272 g/mol. The van der Waals surface area contributed by atoms with Crippen molar-refractivity contribution in [3.8, 4) is 0 Å². The normalized spacial score (nSPS) is 23.6. The van der Waals surface area contributed by atoms with E-state index in [4.69, 9.17) is 23.2 Å². The largest absolute Gasteiger partial charge is 0.301 e. The molecule has 0 spiro atoms. The zero-order valence-electron chi connectivity index (χ0n) is 10.2. The number of alkyl halides is 1. The first-order chi connectivity index (χ1) is 8.15. The molecular weight excluding hydrogens is 253 g/mol. The van der Waals surface area contributed by atoms with Crippen LogP contribution in [0.3, 0.4) is 0 Å². The van der Waals surface area contributed by atoms with Gasteiger partial charge in [-0.15, -0.1) is 11.6 Å². The molecule has 1 aliphatic heterocycles. The van der Waals surface area contributed by atoms with Crippen LogP contribution in [0.5, 0.6) is 0 Å². The summed E-state index contributed by atoms with van der Waals surface area (Å²) in [6.07, 6.45) is 2.65. The van der Waals surface area contributed by atoms with E-state index in [2.05, 4.69) is 11.8 Å². The number of hydrogen-bond acceptors (Lipinski definition) is 1. The molecule has 2 rings (SSSR count). The first kappa shape index (κ1) is 13.2. The summed E-state index contributed by atoms with van der Waals surface area (Å²) in [6.45, 7) is 5.61. The second-order valence-electron chi connectivity index (χ2n) is 5.03. The molecule has 2 unspecified atom stereocenters. The maximum absolute atomic E-state index is 6.45. The molecule has 1 heterocycles. The summed E-state index contributed by atoms with van der Waals surface area (Å²) >= 11 is 12.3. The van der Waals surface area contributed by atoms with Crippen LogP contribution in [0.25, 0.3) is 0 Å². The van der Waals surface area contributed by atoms with E-state index in [9.17, 15) is 0 Å². The van der Waals surface area contributed by atoms with Crippen LogP contribution < -0.4 is 0 Å². The summed E-state index contributed by atoms with van der Waals surface area (Å²) in [5.41, 5.74) is 1.16. The fourth-order valence-electron chi connectivity index (χ4n) is 2.46. The summed E-state index contributed by atoms with van der Waals surface area (Å²) in [6, 6.07) is 7.86. The van der Waals surface area contributed by atoms with Gasteiger partial charge in [-0.25, -0.2) is 0 Å². The van der Waals surface area contributed by atoms with Gasteiger partial charge in [0.15, 0.2) is 0 Å². The first-order valence-corrected chi connectivity index (χ1v) is 7.08. The standard InChI is InChI=1S/C14H19Cl2N/c1-11-3-2-8-17(9-11)10-14(16)12-4-6-13(15)7-5-12/h4-7,11,14H,2-3,8-10H2,1H3. The van der Waals surface area contributed by atoms with Crippen LogP contribution in [0.15, 0.2) is 24.3 Å². The molecule has 1 saturated heterocycles. The Morgan fingerprint density at radius 2 is 2.06 bits per heavy atom. The SMILES string of the molecule is CC1CCCN(CC(Cl)c2ccc(Cl)cc2)C1. The van der Waals surface area contributed by atoms with Crippen LogP contribution in [0.4, 0.5) is 0 Å². The van der Waals surface area contributed by atoms with Gasteiger partial charge in [-0.3, -0.25) is 0 Å². The van der Waals surface area contributed by atoms with Crippen LogP contribution in [-0.4, -0.2) is 24.5 Å². The lowest BCUT2D eigenvalue weighted by atomic mass is 10.00. The van der Waals surface area contributed by atoms with Crippen molar-refractivity contribution in [3.63, 3.8) is 0 Å². The Labute approximate surface area is 114 Å². The van der Waals surface area contributed by atoms with Crippen molar-refractivity contribution in [2.24, 2.45) is 5.92 Å². The topological polar surface area (TPSA) is 3.24 Å². The van der Waals surface area contributed by atoms with Gasteiger partial charge in [-0.1, -0.05) is 30.7 Å². The van der Waals surface area contributed by atoms with Gasteiger partial charge in [0, 0.05) is 18.1 Å². The van der Waals surface area contributed by atoms with E-state index in [0.29, 0.717) is 0 Å². The Bertz CT molecular complexity index is 350. The Hall–Kier alpha value is -0.240. The van der Waals surface area contributed by atoms with E-state index in [0.717, 1.165) is 23.0 Å². The van der Waals surface area contributed by atoms with Crippen LogP contribution >= 0.6 is 23.2 Å². The van der Waals surface area contributed by atoms with Crippen molar-refractivity contribution in [3.05, 3.63) is 34.9 Å². The zero-order valence-corrected chi connectivity index (χ0v) is 11.7. The highest BCUT2D eigenvalue weighted by atomic mass is 35.5. The number of nitrogens with zero attached hydrogens (tertiary/aromatic N) is 1. The van der Waals surface area contributed by atoms with Gasteiger partial charge in [-0.05, 0) is 43.0 Å². The van der Waals surface area contributed by atoms with Gasteiger partial charge in [0.1, 0.15) is 0 Å². The minimum Gasteiger partial charge on any atom is -0.301 e. The highest BCUT2D eigenvalue weighted by Gasteiger charge is 2.19.